The first-order chi connectivity index (χ1) is 11.9. The molecule has 2 aromatic rings. The summed E-state index contributed by atoms with van der Waals surface area (Å²) in [4.78, 5) is 28.3. The van der Waals surface area contributed by atoms with Crippen LogP contribution < -0.4 is 5.32 Å². The van der Waals surface area contributed by atoms with Gasteiger partial charge in [0.15, 0.2) is 0 Å². The maximum Gasteiger partial charge on any atom is 0.244 e. The number of rotatable bonds is 6. The molecule has 2 aromatic carbocycles. The van der Waals surface area contributed by atoms with Crippen LogP contribution in [0.25, 0.3) is 0 Å². The minimum absolute atomic E-state index is 0.0585. The Labute approximate surface area is 149 Å². The van der Waals surface area contributed by atoms with E-state index in [1.54, 1.807) is 30.9 Å². The Morgan fingerprint density at radius 2 is 1.56 bits per heavy atom. The second-order valence-corrected chi connectivity index (χ2v) is 6.38. The molecule has 5 nitrogen and oxygen atoms in total. The predicted octanol–water partition coefficient (Wildman–Crippen LogP) is 2.69. The number of carbonyl (C=O) groups excluding carboxylic acids is 2. The highest BCUT2D eigenvalue weighted by Gasteiger charge is 2.27. The van der Waals surface area contributed by atoms with Crippen LogP contribution in [0.4, 0.5) is 5.69 Å². The normalized spacial score (nSPS) is 11.9. The van der Waals surface area contributed by atoms with Crippen molar-refractivity contribution in [1.82, 2.24) is 9.80 Å². The fourth-order valence-electron chi connectivity index (χ4n) is 2.62. The molecule has 0 aliphatic carbocycles. The lowest BCUT2D eigenvalue weighted by molar-refractivity contribution is -0.134. The SMILES string of the molecule is Cc1ccc(NC(=O)CN(C)[C@H](C(=O)N(C)C)c2ccccc2)cc1. The van der Waals surface area contributed by atoms with Crippen LogP contribution in [0.1, 0.15) is 17.2 Å². The fourth-order valence-corrected chi connectivity index (χ4v) is 2.62. The summed E-state index contributed by atoms with van der Waals surface area (Å²) >= 11 is 0. The molecule has 132 valence electrons. The van der Waals surface area contributed by atoms with Gasteiger partial charge >= 0.3 is 0 Å². The van der Waals surface area contributed by atoms with Crippen molar-refractivity contribution >= 4 is 17.5 Å². The van der Waals surface area contributed by atoms with Crippen LogP contribution >= 0.6 is 0 Å². The van der Waals surface area contributed by atoms with E-state index in [1.165, 1.54) is 0 Å². The van der Waals surface area contributed by atoms with E-state index in [0.717, 1.165) is 16.8 Å². The van der Waals surface area contributed by atoms with Crippen LogP contribution in [0.2, 0.25) is 0 Å². The lowest BCUT2D eigenvalue weighted by Gasteiger charge is -2.29. The van der Waals surface area contributed by atoms with Gasteiger partial charge in [0.05, 0.1) is 6.54 Å². The van der Waals surface area contributed by atoms with Gasteiger partial charge in [-0.15, -0.1) is 0 Å². The van der Waals surface area contributed by atoms with Gasteiger partial charge in [0.1, 0.15) is 6.04 Å². The maximum atomic E-state index is 12.6. The maximum absolute atomic E-state index is 12.6. The molecular weight excluding hydrogens is 314 g/mol. The van der Waals surface area contributed by atoms with Gasteiger partial charge in [0.2, 0.25) is 11.8 Å². The number of anilines is 1. The molecule has 2 amide bonds. The summed E-state index contributed by atoms with van der Waals surface area (Å²) in [5, 5.41) is 2.87. The monoisotopic (exact) mass is 339 g/mol. The molecule has 25 heavy (non-hydrogen) atoms. The van der Waals surface area contributed by atoms with Crippen LogP contribution in [-0.2, 0) is 9.59 Å². The molecule has 0 aromatic heterocycles. The molecule has 0 radical (unpaired) electrons. The Balaban J connectivity index is 2.10. The smallest absolute Gasteiger partial charge is 0.244 e. The molecule has 0 saturated carbocycles. The number of amides is 2. The molecule has 0 aliphatic heterocycles. The molecule has 0 fully saturated rings. The highest BCUT2D eigenvalue weighted by atomic mass is 16.2. The molecular formula is C20H25N3O2. The third-order valence-electron chi connectivity index (χ3n) is 3.96. The number of nitrogens with one attached hydrogen (secondary N) is 1. The molecule has 0 aliphatic rings. The Kier molecular flexibility index (Phi) is 6.31. The second-order valence-electron chi connectivity index (χ2n) is 6.38. The van der Waals surface area contributed by atoms with E-state index in [-0.39, 0.29) is 18.4 Å². The van der Waals surface area contributed by atoms with E-state index < -0.39 is 6.04 Å². The van der Waals surface area contributed by atoms with E-state index >= 15 is 0 Å². The lowest BCUT2D eigenvalue weighted by Crippen LogP contribution is -2.41. The first kappa shape index (κ1) is 18.7. The van der Waals surface area contributed by atoms with Crippen molar-refractivity contribution in [3.05, 3.63) is 65.7 Å². The van der Waals surface area contributed by atoms with Gasteiger partial charge in [-0.1, -0.05) is 48.0 Å². The first-order valence-corrected chi connectivity index (χ1v) is 8.21. The molecule has 5 heteroatoms. The van der Waals surface area contributed by atoms with Crippen LogP contribution in [-0.4, -0.2) is 49.3 Å². The number of hydrogen-bond acceptors (Lipinski definition) is 3. The zero-order chi connectivity index (χ0) is 18.4. The number of aryl methyl sites for hydroxylation is 1. The van der Waals surface area contributed by atoms with Crippen molar-refractivity contribution in [2.75, 3.05) is 33.0 Å². The molecule has 2 rings (SSSR count). The van der Waals surface area contributed by atoms with Gasteiger partial charge in [0.25, 0.3) is 0 Å². The van der Waals surface area contributed by atoms with E-state index in [2.05, 4.69) is 5.32 Å². The third kappa shape index (κ3) is 5.16. The number of carbonyl (C=O) groups is 2. The zero-order valence-electron chi connectivity index (χ0n) is 15.2. The Morgan fingerprint density at radius 1 is 0.960 bits per heavy atom. The van der Waals surface area contributed by atoms with E-state index in [9.17, 15) is 9.59 Å². The molecule has 0 bridgehead atoms. The predicted molar refractivity (Wildman–Crippen MR) is 100 cm³/mol. The van der Waals surface area contributed by atoms with Gasteiger partial charge in [-0.3, -0.25) is 14.5 Å². The molecule has 1 atom stereocenters. The van der Waals surface area contributed by atoms with Gasteiger partial charge in [-0.05, 0) is 31.7 Å². The summed E-state index contributed by atoms with van der Waals surface area (Å²) in [6, 6.07) is 16.6. The molecule has 0 spiro atoms. The zero-order valence-corrected chi connectivity index (χ0v) is 15.2. The van der Waals surface area contributed by atoms with E-state index in [4.69, 9.17) is 0 Å². The summed E-state index contributed by atoms with van der Waals surface area (Å²) in [5.74, 6) is -0.212. The van der Waals surface area contributed by atoms with Crippen LogP contribution in [0, 0.1) is 6.92 Å². The average molecular weight is 339 g/mol. The third-order valence-corrected chi connectivity index (χ3v) is 3.96. The van der Waals surface area contributed by atoms with Crippen molar-refractivity contribution < 1.29 is 9.59 Å². The second kappa shape index (κ2) is 8.44. The minimum atomic E-state index is -0.500. The van der Waals surface area contributed by atoms with Crippen LogP contribution in [0.15, 0.2) is 54.6 Å². The van der Waals surface area contributed by atoms with E-state index in [1.807, 2.05) is 61.5 Å². The quantitative estimate of drug-likeness (QED) is 0.880. The highest BCUT2D eigenvalue weighted by molar-refractivity contribution is 5.93. The van der Waals surface area contributed by atoms with Crippen molar-refractivity contribution in [3.63, 3.8) is 0 Å². The first-order valence-electron chi connectivity index (χ1n) is 8.21. The Morgan fingerprint density at radius 3 is 2.12 bits per heavy atom. The van der Waals surface area contributed by atoms with Crippen LogP contribution in [0.3, 0.4) is 0 Å². The van der Waals surface area contributed by atoms with Crippen molar-refractivity contribution in [3.8, 4) is 0 Å². The van der Waals surface area contributed by atoms with Crippen LogP contribution in [0.5, 0.6) is 0 Å². The lowest BCUT2D eigenvalue weighted by atomic mass is 10.0. The molecule has 0 unspecified atom stereocenters. The number of likely N-dealkylation sites (N-methyl/N-ethyl adjacent to an activating group) is 2. The summed E-state index contributed by atoms with van der Waals surface area (Å²) in [5.41, 5.74) is 2.75. The molecule has 0 heterocycles. The van der Waals surface area contributed by atoms with Crippen molar-refractivity contribution in [2.45, 2.75) is 13.0 Å². The number of benzene rings is 2. The Hall–Kier alpha value is -2.66. The minimum Gasteiger partial charge on any atom is -0.347 e. The molecule has 1 N–H and O–H groups in total. The topological polar surface area (TPSA) is 52.7 Å². The molecule has 0 saturated heterocycles. The Bertz CT molecular complexity index is 711. The standard InChI is InChI=1S/C20H25N3O2/c1-15-10-12-17(13-11-15)21-18(24)14-23(4)19(20(25)22(2)3)16-8-6-5-7-9-16/h5-13,19H,14H2,1-4H3,(H,21,24)/t19-/m0/s1. The summed E-state index contributed by atoms with van der Waals surface area (Å²) in [6.07, 6.45) is 0. The summed E-state index contributed by atoms with van der Waals surface area (Å²) in [6.45, 7) is 2.11. The van der Waals surface area contributed by atoms with Crippen molar-refractivity contribution in [1.29, 1.82) is 0 Å². The summed E-state index contributed by atoms with van der Waals surface area (Å²) < 4.78 is 0. The van der Waals surface area contributed by atoms with Gasteiger partial charge in [-0.2, -0.15) is 0 Å². The van der Waals surface area contributed by atoms with Gasteiger partial charge in [0, 0.05) is 19.8 Å². The summed E-state index contributed by atoms with van der Waals surface area (Å²) in [7, 11) is 5.23. The highest BCUT2D eigenvalue weighted by Crippen LogP contribution is 2.21. The average Bonchev–Trinajstić information content (AvgIpc) is 2.58. The fraction of sp³-hybridized carbons (Fsp3) is 0.300. The largest absolute Gasteiger partial charge is 0.347 e. The van der Waals surface area contributed by atoms with Gasteiger partial charge in [-0.25, -0.2) is 0 Å². The van der Waals surface area contributed by atoms with E-state index in [0.29, 0.717) is 0 Å². The van der Waals surface area contributed by atoms with Crippen molar-refractivity contribution in [2.24, 2.45) is 0 Å². The number of hydrogen-bond donors (Lipinski definition) is 1. The van der Waals surface area contributed by atoms with Gasteiger partial charge < -0.3 is 10.2 Å². The number of nitrogens with zero attached hydrogens (tertiary/aromatic N) is 2.